The molecule has 2 aliphatic rings. The molecule has 1 atom stereocenters. The second kappa shape index (κ2) is 7.76. The molecule has 0 saturated carbocycles. The summed E-state index contributed by atoms with van der Waals surface area (Å²) < 4.78 is 11.4. The molecule has 0 spiro atoms. The van der Waals surface area contributed by atoms with E-state index in [9.17, 15) is 0 Å². The Labute approximate surface area is 155 Å². The van der Waals surface area contributed by atoms with Gasteiger partial charge in [0, 0.05) is 45.0 Å². The van der Waals surface area contributed by atoms with Gasteiger partial charge in [0.1, 0.15) is 6.33 Å². The Bertz CT molecular complexity index is 738. The van der Waals surface area contributed by atoms with E-state index in [2.05, 4.69) is 38.0 Å². The lowest BCUT2D eigenvalue weighted by molar-refractivity contribution is 0.164. The number of aromatic nitrogens is 2. The molecule has 0 N–H and O–H groups in total. The van der Waals surface area contributed by atoms with Crippen LogP contribution in [0.25, 0.3) is 10.9 Å². The van der Waals surface area contributed by atoms with Crippen LogP contribution in [0.3, 0.4) is 0 Å². The fourth-order valence-corrected chi connectivity index (χ4v) is 3.82. The van der Waals surface area contributed by atoms with Crippen LogP contribution >= 0.6 is 0 Å². The lowest BCUT2D eigenvalue weighted by Crippen LogP contribution is -2.47. The van der Waals surface area contributed by atoms with Gasteiger partial charge in [0.2, 0.25) is 5.88 Å². The molecule has 1 unspecified atom stereocenters. The normalized spacial score (nSPS) is 21.7. The molecule has 6 nitrogen and oxygen atoms in total. The molecule has 2 aromatic rings. The average molecular weight is 356 g/mol. The zero-order valence-electron chi connectivity index (χ0n) is 15.7. The molecule has 6 heteroatoms. The van der Waals surface area contributed by atoms with Crippen molar-refractivity contribution >= 4 is 16.6 Å². The van der Waals surface area contributed by atoms with Crippen molar-refractivity contribution in [2.75, 3.05) is 50.8 Å². The lowest BCUT2D eigenvalue weighted by atomic mass is 10.1. The maximum Gasteiger partial charge on any atom is 0.224 e. The average Bonchev–Trinajstić information content (AvgIpc) is 3.15. The first kappa shape index (κ1) is 17.5. The van der Waals surface area contributed by atoms with Crippen molar-refractivity contribution < 1.29 is 9.47 Å². The van der Waals surface area contributed by atoms with Crippen LogP contribution < -0.4 is 9.64 Å². The van der Waals surface area contributed by atoms with Crippen molar-refractivity contribution in [3.8, 4) is 5.88 Å². The maximum absolute atomic E-state index is 5.87. The summed E-state index contributed by atoms with van der Waals surface area (Å²) in [5.74, 6) is 1.39. The minimum absolute atomic E-state index is 0.0971. The molecule has 140 valence electrons. The monoisotopic (exact) mass is 356 g/mol. The number of hydrogen-bond acceptors (Lipinski definition) is 6. The number of benzene rings is 1. The molecule has 4 rings (SSSR count). The van der Waals surface area contributed by atoms with Gasteiger partial charge < -0.3 is 14.4 Å². The van der Waals surface area contributed by atoms with Gasteiger partial charge in [-0.15, -0.1) is 0 Å². The highest BCUT2D eigenvalue weighted by atomic mass is 16.5. The molecule has 2 saturated heterocycles. The third-order valence-corrected chi connectivity index (χ3v) is 5.21. The number of fused-ring (bicyclic) bond motifs is 1. The number of rotatable bonds is 5. The highest BCUT2D eigenvalue weighted by Gasteiger charge is 2.23. The van der Waals surface area contributed by atoms with Crippen LogP contribution in [0, 0.1) is 5.92 Å². The summed E-state index contributed by atoms with van der Waals surface area (Å²) in [5, 5.41) is 0.990. The van der Waals surface area contributed by atoms with E-state index in [-0.39, 0.29) is 6.10 Å². The third-order valence-electron chi connectivity index (χ3n) is 5.21. The Balaban J connectivity index is 1.45. The first-order valence-electron chi connectivity index (χ1n) is 9.65. The van der Waals surface area contributed by atoms with E-state index >= 15 is 0 Å². The fourth-order valence-electron chi connectivity index (χ4n) is 3.82. The molecule has 1 aromatic carbocycles. The van der Waals surface area contributed by atoms with E-state index in [0.717, 1.165) is 56.2 Å². The molecule has 0 amide bonds. The third kappa shape index (κ3) is 3.91. The zero-order chi connectivity index (χ0) is 17.9. The van der Waals surface area contributed by atoms with Crippen LogP contribution in [0.1, 0.15) is 20.3 Å². The van der Waals surface area contributed by atoms with Gasteiger partial charge in [-0.2, -0.15) is 0 Å². The number of hydrogen-bond donors (Lipinski definition) is 0. The summed E-state index contributed by atoms with van der Waals surface area (Å²) in [4.78, 5) is 13.7. The summed E-state index contributed by atoms with van der Waals surface area (Å²) in [6.45, 7) is 11.4. The minimum atomic E-state index is 0.0971. The first-order chi connectivity index (χ1) is 12.7. The molecule has 1 aromatic heterocycles. The van der Waals surface area contributed by atoms with Crippen LogP contribution in [0.5, 0.6) is 5.88 Å². The van der Waals surface area contributed by atoms with Crippen molar-refractivity contribution in [2.24, 2.45) is 5.92 Å². The van der Waals surface area contributed by atoms with Gasteiger partial charge in [-0.3, -0.25) is 4.90 Å². The second-order valence-electron chi connectivity index (χ2n) is 7.56. The maximum atomic E-state index is 5.87. The fraction of sp³-hybridized carbons (Fsp3) is 0.600. The zero-order valence-corrected chi connectivity index (χ0v) is 15.7. The van der Waals surface area contributed by atoms with E-state index in [1.54, 1.807) is 6.33 Å². The highest BCUT2D eigenvalue weighted by molar-refractivity contribution is 5.86. The molecule has 0 radical (unpaired) electrons. The summed E-state index contributed by atoms with van der Waals surface area (Å²) in [6, 6.07) is 6.41. The highest BCUT2D eigenvalue weighted by Crippen LogP contribution is 2.28. The number of piperazine rings is 1. The molecule has 0 aliphatic carbocycles. The lowest BCUT2D eigenvalue weighted by Gasteiger charge is -2.37. The molecular weight excluding hydrogens is 328 g/mol. The van der Waals surface area contributed by atoms with Gasteiger partial charge in [0.15, 0.2) is 0 Å². The smallest absolute Gasteiger partial charge is 0.224 e. The van der Waals surface area contributed by atoms with E-state index in [4.69, 9.17) is 9.47 Å². The van der Waals surface area contributed by atoms with E-state index in [1.807, 2.05) is 13.8 Å². The van der Waals surface area contributed by atoms with Gasteiger partial charge in [-0.05, 0) is 44.4 Å². The van der Waals surface area contributed by atoms with Crippen molar-refractivity contribution in [1.29, 1.82) is 0 Å². The Morgan fingerprint density at radius 3 is 2.77 bits per heavy atom. The molecule has 0 bridgehead atoms. The molecule has 26 heavy (non-hydrogen) atoms. The molecule has 2 aliphatic heterocycles. The van der Waals surface area contributed by atoms with Crippen molar-refractivity contribution in [1.82, 2.24) is 14.9 Å². The summed E-state index contributed by atoms with van der Waals surface area (Å²) in [7, 11) is 0. The van der Waals surface area contributed by atoms with Gasteiger partial charge >= 0.3 is 0 Å². The van der Waals surface area contributed by atoms with Gasteiger partial charge in [0.05, 0.1) is 23.6 Å². The Morgan fingerprint density at radius 2 is 2.04 bits per heavy atom. The second-order valence-corrected chi connectivity index (χ2v) is 7.56. The minimum Gasteiger partial charge on any atom is -0.474 e. The Hall–Kier alpha value is -1.92. The van der Waals surface area contributed by atoms with E-state index in [1.165, 1.54) is 18.7 Å². The van der Waals surface area contributed by atoms with Gasteiger partial charge in [0.25, 0.3) is 0 Å². The number of anilines is 1. The topological polar surface area (TPSA) is 50.7 Å². The van der Waals surface area contributed by atoms with Crippen LogP contribution in [0.15, 0.2) is 24.5 Å². The largest absolute Gasteiger partial charge is 0.474 e. The van der Waals surface area contributed by atoms with Crippen molar-refractivity contribution in [3.05, 3.63) is 24.5 Å². The first-order valence-corrected chi connectivity index (χ1v) is 9.65. The van der Waals surface area contributed by atoms with Gasteiger partial charge in [-0.1, -0.05) is 0 Å². The SMILES string of the molecule is CC(C)Oc1ncnc2ccc(N3CCN(CC4CCOC4)CC3)cc12. The number of ether oxygens (including phenoxy) is 2. The molecule has 3 heterocycles. The van der Waals surface area contributed by atoms with E-state index < -0.39 is 0 Å². The standard InChI is InChI=1S/C20H28N4O2/c1-15(2)26-20-18-11-17(3-4-19(18)21-14-22-20)24-8-6-23(7-9-24)12-16-5-10-25-13-16/h3-4,11,14-16H,5-10,12-13H2,1-2H3. The Kier molecular flexibility index (Phi) is 5.22. The molecule has 2 fully saturated rings. The number of nitrogens with zero attached hydrogens (tertiary/aromatic N) is 4. The van der Waals surface area contributed by atoms with Crippen molar-refractivity contribution in [3.63, 3.8) is 0 Å². The summed E-state index contributed by atoms with van der Waals surface area (Å²) in [5.41, 5.74) is 2.16. The van der Waals surface area contributed by atoms with Crippen LogP contribution in [-0.2, 0) is 4.74 Å². The van der Waals surface area contributed by atoms with Crippen LogP contribution in [0.4, 0.5) is 5.69 Å². The Morgan fingerprint density at radius 1 is 1.19 bits per heavy atom. The molecular formula is C20H28N4O2. The van der Waals surface area contributed by atoms with Crippen LogP contribution in [0.2, 0.25) is 0 Å². The summed E-state index contributed by atoms with van der Waals surface area (Å²) in [6.07, 6.45) is 2.88. The summed E-state index contributed by atoms with van der Waals surface area (Å²) >= 11 is 0. The predicted octanol–water partition coefficient (Wildman–Crippen LogP) is 2.58. The van der Waals surface area contributed by atoms with Gasteiger partial charge in [-0.25, -0.2) is 9.97 Å². The van der Waals surface area contributed by atoms with Crippen molar-refractivity contribution in [2.45, 2.75) is 26.4 Å². The van der Waals surface area contributed by atoms with Crippen LogP contribution in [-0.4, -0.2) is 66.9 Å². The quantitative estimate of drug-likeness (QED) is 0.821. The van der Waals surface area contributed by atoms with E-state index in [0.29, 0.717) is 5.88 Å². The predicted molar refractivity (Wildman–Crippen MR) is 103 cm³/mol.